The third kappa shape index (κ3) is 2.55. The second-order valence-electron chi connectivity index (χ2n) is 4.71. The van der Waals surface area contributed by atoms with Crippen molar-refractivity contribution in [3.05, 3.63) is 53.5 Å². The average Bonchev–Trinajstić information content (AvgIpc) is 3.11. The van der Waals surface area contributed by atoms with Crippen LogP contribution in [0, 0.1) is 13.8 Å². The lowest BCUT2D eigenvalue weighted by Gasteiger charge is -2.01. The van der Waals surface area contributed by atoms with Crippen LogP contribution in [-0.2, 0) is 0 Å². The van der Waals surface area contributed by atoms with Crippen LogP contribution in [0.5, 0.6) is 0 Å². The Morgan fingerprint density at radius 2 is 2.00 bits per heavy atom. The minimum Gasteiger partial charge on any atom is -0.355 e. The molecule has 1 amide bonds. The molecule has 2 heterocycles. The molecule has 0 atom stereocenters. The summed E-state index contributed by atoms with van der Waals surface area (Å²) in [5, 5.41) is 13.4. The maximum atomic E-state index is 12.2. The summed E-state index contributed by atoms with van der Waals surface area (Å²) in [4.78, 5) is 12.2. The molecule has 0 unspecified atom stereocenters. The maximum Gasteiger partial charge on any atom is 0.277 e. The topological polar surface area (TPSA) is 83.8 Å². The molecular formula is C15H14N4O2. The summed E-state index contributed by atoms with van der Waals surface area (Å²) in [6.45, 7) is 3.66. The normalized spacial score (nSPS) is 10.6. The summed E-state index contributed by atoms with van der Waals surface area (Å²) >= 11 is 0. The highest BCUT2D eigenvalue weighted by Crippen LogP contribution is 2.21. The van der Waals surface area contributed by atoms with Crippen LogP contribution in [0.3, 0.4) is 0 Å². The maximum absolute atomic E-state index is 12.2. The predicted molar refractivity (Wildman–Crippen MR) is 78.0 cm³/mol. The first-order chi connectivity index (χ1) is 10.1. The number of carbonyl (C=O) groups is 1. The van der Waals surface area contributed by atoms with Gasteiger partial charge in [0.2, 0.25) is 0 Å². The largest absolute Gasteiger partial charge is 0.355 e. The van der Waals surface area contributed by atoms with Crippen molar-refractivity contribution in [1.29, 1.82) is 0 Å². The molecule has 6 nitrogen and oxygen atoms in total. The van der Waals surface area contributed by atoms with E-state index in [4.69, 9.17) is 4.52 Å². The molecule has 0 fully saturated rings. The van der Waals surface area contributed by atoms with Crippen molar-refractivity contribution in [3.8, 4) is 11.3 Å². The fourth-order valence-corrected chi connectivity index (χ4v) is 2.03. The van der Waals surface area contributed by atoms with Gasteiger partial charge in [0.25, 0.3) is 5.91 Å². The van der Waals surface area contributed by atoms with Gasteiger partial charge in [-0.25, -0.2) is 0 Å². The summed E-state index contributed by atoms with van der Waals surface area (Å²) in [5.41, 5.74) is 3.30. The summed E-state index contributed by atoms with van der Waals surface area (Å²) < 4.78 is 5.22. The van der Waals surface area contributed by atoms with Crippen molar-refractivity contribution in [3.63, 3.8) is 0 Å². The standard InChI is InChI=1S/C15H14N4O2/c1-9-14(10(2)18-17-9)16-15(20)12-8-13(21-19-12)11-6-4-3-5-7-11/h3-8H,1-2H3,(H,16,20)(H,17,18). The van der Waals surface area contributed by atoms with Gasteiger partial charge < -0.3 is 9.84 Å². The molecule has 0 bridgehead atoms. The Bertz CT molecular complexity index is 755. The number of rotatable bonds is 3. The second-order valence-corrected chi connectivity index (χ2v) is 4.71. The fraction of sp³-hybridized carbons (Fsp3) is 0.133. The Morgan fingerprint density at radius 1 is 1.24 bits per heavy atom. The van der Waals surface area contributed by atoms with Crippen LogP contribution in [0.25, 0.3) is 11.3 Å². The zero-order chi connectivity index (χ0) is 14.8. The van der Waals surface area contributed by atoms with Gasteiger partial charge in [-0.2, -0.15) is 5.10 Å². The van der Waals surface area contributed by atoms with E-state index in [2.05, 4.69) is 20.7 Å². The number of anilines is 1. The van der Waals surface area contributed by atoms with Crippen molar-refractivity contribution < 1.29 is 9.32 Å². The molecule has 106 valence electrons. The number of carbonyl (C=O) groups excluding carboxylic acids is 1. The molecule has 0 saturated heterocycles. The summed E-state index contributed by atoms with van der Waals surface area (Å²) in [6, 6.07) is 11.1. The van der Waals surface area contributed by atoms with Crippen molar-refractivity contribution in [1.82, 2.24) is 15.4 Å². The zero-order valence-electron chi connectivity index (χ0n) is 11.7. The van der Waals surface area contributed by atoms with Crippen molar-refractivity contribution in [2.45, 2.75) is 13.8 Å². The minimum atomic E-state index is -0.325. The van der Waals surface area contributed by atoms with E-state index in [9.17, 15) is 4.79 Å². The van der Waals surface area contributed by atoms with Crippen molar-refractivity contribution in [2.75, 3.05) is 5.32 Å². The lowest BCUT2D eigenvalue weighted by Crippen LogP contribution is -2.13. The van der Waals surface area contributed by atoms with Crippen molar-refractivity contribution in [2.24, 2.45) is 0 Å². The van der Waals surface area contributed by atoms with Gasteiger partial charge >= 0.3 is 0 Å². The third-order valence-corrected chi connectivity index (χ3v) is 3.17. The Balaban J connectivity index is 1.82. The number of hydrogen-bond acceptors (Lipinski definition) is 4. The SMILES string of the molecule is Cc1n[nH]c(C)c1NC(=O)c1cc(-c2ccccc2)on1. The van der Waals surface area contributed by atoms with Gasteiger partial charge in [0.05, 0.1) is 17.1 Å². The van der Waals surface area contributed by atoms with Crippen molar-refractivity contribution >= 4 is 11.6 Å². The van der Waals surface area contributed by atoms with Crippen LogP contribution in [0.15, 0.2) is 40.9 Å². The van der Waals surface area contributed by atoms with Gasteiger partial charge in [0, 0.05) is 11.6 Å². The van der Waals surface area contributed by atoms with Gasteiger partial charge in [0.15, 0.2) is 11.5 Å². The molecule has 21 heavy (non-hydrogen) atoms. The highest BCUT2D eigenvalue weighted by Gasteiger charge is 2.16. The Hall–Kier alpha value is -2.89. The van der Waals surface area contributed by atoms with Crippen LogP contribution in [0.4, 0.5) is 5.69 Å². The molecule has 0 radical (unpaired) electrons. The van der Waals surface area contributed by atoms with Gasteiger partial charge in [-0.15, -0.1) is 0 Å². The molecule has 3 aromatic rings. The summed E-state index contributed by atoms with van der Waals surface area (Å²) in [6.07, 6.45) is 0. The van der Waals surface area contributed by atoms with Gasteiger partial charge in [-0.05, 0) is 13.8 Å². The average molecular weight is 282 g/mol. The fourth-order valence-electron chi connectivity index (χ4n) is 2.03. The molecule has 0 spiro atoms. The molecule has 2 N–H and O–H groups in total. The molecule has 0 saturated carbocycles. The third-order valence-electron chi connectivity index (χ3n) is 3.17. The number of nitrogens with one attached hydrogen (secondary N) is 2. The number of aromatic amines is 1. The van der Waals surface area contributed by atoms with E-state index < -0.39 is 0 Å². The number of nitrogens with zero attached hydrogens (tertiary/aromatic N) is 2. The van der Waals surface area contributed by atoms with E-state index in [1.165, 1.54) is 0 Å². The Labute approximate surface area is 121 Å². The molecule has 0 aliphatic heterocycles. The number of aryl methyl sites for hydroxylation is 2. The molecule has 1 aromatic carbocycles. The first-order valence-corrected chi connectivity index (χ1v) is 6.50. The van der Waals surface area contributed by atoms with E-state index in [0.717, 1.165) is 17.0 Å². The second kappa shape index (κ2) is 5.24. The van der Waals surface area contributed by atoms with E-state index >= 15 is 0 Å². The van der Waals surface area contributed by atoms with Crippen LogP contribution >= 0.6 is 0 Å². The molecule has 3 rings (SSSR count). The number of amides is 1. The molecular weight excluding hydrogens is 268 g/mol. The molecule has 0 aliphatic carbocycles. The molecule has 2 aromatic heterocycles. The predicted octanol–water partition coefficient (Wildman–Crippen LogP) is 2.93. The van der Waals surface area contributed by atoms with E-state index in [-0.39, 0.29) is 11.6 Å². The first-order valence-electron chi connectivity index (χ1n) is 6.50. The summed E-state index contributed by atoms with van der Waals surface area (Å²) in [5.74, 6) is 0.231. The van der Waals surface area contributed by atoms with Crippen LogP contribution < -0.4 is 5.32 Å². The smallest absolute Gasteiger partial charge is 0.277 e. The number of benzene rings is 1. The highest BCUT2D eigenvalue weighted by atomic mass is 16.5. The Kier molecular flexibility index (Phi) is 3.27. The van der Waals surface area contributed by atoms with Crippen LogP contribution in [0.2, 0.25) is 0 Å². The monoisotopic (exact) mass is 282 g/mol. The van der Waals surface area contributed by atoms with E-state index in [1.807, 2.05) is 44.2 Å². The zero-order valence-corrected chi connectivity index (χ0v) is 11.7. The van der Waals surface area contributed by atoms with Crippen LogP contribution in [0.1, 0.15) is 21.9 Å². The Morgan fingerprint density at radius 3 is 2.67 bits per heavy atom. The van der Waals surface area contributed by atoms with Crippen LogP contribution in [-0.4, -0.2) is 21.3 Å². The lowest BCUT2D eigenvalue weighted by atomic mass is 10.1. The number of hydrogen-bond donors (Lipinski definition) is 2. The van der Waals surface area contributed by atoms with E-state index in [0.29, 0.717) is 11.4 Å². The highest BCUT2D eigenvalue weighted by molar-refractivity contribution is 6.03. The molecule has 0 aliphatic rings. The summed E-state index contributed by atoms with van der Waals surface area (Å²) in [7, 11) is 0. The minimum absolute atomic E-state index is 0.230. The molecule has 6 heteroatoms. The quantitative estimate of drug-likeness (QED) is 0.773. The number of H-pyrrole nitrogens is 1. The first kappa shape index (κ1) is 13.1. The van der Waals surface area contributed by atoms with Gasteiger partial charge in [0.1, 0.15) is 0 Å². The van der Waals surface area contributed by atoms with E-state index in [1.54, 1.807) is 6.07 Å². The number of aromatic nitrogens is 3. The van der Waals surface area contributed by atoms with Gasteiger partial charge in [-0.1, -0.05) is 35.5 Å². The van der Waals surface area contributed by atoms with Gasteiger partial charge in [-0.3, -0.25) is 9.89 Å². The lowest BCUT2D eigenvalue weighted by molar-refractivity contribution is 0.101.